The number of rotatable bonds is 2. The predicted molar refractivity (Wildman–Crippen MR) is 46.8 cm³/mol. The van der Waals surface area contributed by atoms with Crippen molar-refractivity contribution in [3.63, 3.8) is 0 Å². The molecule has 0 bridgehead atoms. The summed E-state index contributed by atoms with van der Waals surface area (Å²) in [7, 11) is 0. The normalized spacial score (nSPS) is 29.1. The highest BCUT2D eigenvalue weighted by atomic mass is 16.5. The number of ether oxygens (including phenoxy) is 1. The molecule has 0 saturated carbocycles. The maximum Gasteiger partial charge on any atom is 0.295 e. The Balaban J connectivity index is 1.77. The first-order chi connectivity index (χ1) is 6.70. The van der Waals surface area contributed by atoms with Crippen LogP contribution in [-0.4, -0.2) is 42.1 Å². The highest BCUT2D eigenvalue weighted by Crippen LogP contribution is 2.28. The van der Waals surface area contributed by atoms with E-state index in [0.29, 0.717) is 19.5 Å². The van der Waals surface area contributed by atoms with Gasteiger partial charge in [0.2, 0.25) is 5.91 Å². The zero-order valence-electron chi connectivity index (χ0n) is 7.53. The van der Waals surface area contributed by atoms with E-state index >= 15 is 0 Å². The highest BCUT2D eigenvalue weighted by molar-refractivity contribution is 5.92. The standard InChI is InChI=1S/C9H10N2O3/c1-2-7(12)10-4-6-5-11-8(13)3-9(11)14-6/h1,6,9H,3-5H2,(H,10,12). The van der Waals surface area contributed by atoms with E-state index in [-0.39, 0.29) is 18.2 Å². The SMILES string of the molecule is C#CC(=O)NCC1CN2C(=O)CC2O1. The molecule has 2 rings (SSSR count). The molecule has 74 valence electrons. The first-order valence-electron chi connectivity index (χ1n) is 4.40. The maximum absolute atomic E-state index is 11.0. The molecule has 2 atom stereocenters. The third kappa shape index (κ3) is 1.44. The molecule has 1 N–H and O–H groups in total. The summed E-state index contributed by atoms with van der Waals surface area (Å²) in [5, 5.41) is 2.52. The number of terminal acetylenes is 1. The quantitative estimate of drug-likeness (QED) is 0.439. The molecule has 2 unspecified atom stereocenters. The van der Waals surface area contributed by atoms with Crippen molar-refractivity contribution in [3.05, 3.63) is 0 Å². The van der Waals surface area contributed by atoms with Gasteiger partial charge in [-0.1, -0.05) is 0 Å². The van der Waals surface area contributed by atoms with Crippen LogP contribution in [0.15, 0.2) is 0 Å². The number of fused-ring (bicyclic) bond motifs is 1. The van der Waals surface area contributed by atoms with Crippen LogP contribution in [0, 0.1) is 12.3 Å². The largest absolute Gasteiger partial charge is 0.351 e. The Morgan fingerprint density at radius 2 is 2.57 bits per heavy atom. The maximum atomic E-state index is 11.0. The molecule has 0 spiro atoms. The summed E-state index contributed by atoms with van der Waals surface area (Å²) in [6.45, 7) is 0.914. The third-order valence-electron chi connectivity index (χ3n) is 2.39. The van der Waals surface area contributed by atoms with Crippen molar-refractivity contribution < 1.29 is 14.3 Å². The summed E-state index contributed by atoms with van der Waals surface area (Å²) in [6, 6.07) is 0. The van der Waals surface area contributed by atoms with E-state index in [4.69, 9.17) is 11.2 Å². The second-order valence-corrected chi connectivity index (χ2v) is 3.32. The molecule has 0 radical (unpaired) electrons. The molecule has 14 heavy (non-hydrogen) atoms. The van der Waals surface area contributed by atoms with Gasteiger partial charge >= 0.3 is 0 Å². The average molecular weight is 194 g/mol. The second kappa shape index (κ2) is 3.31. The van der Waals surface area contributed by atoms with E-state index in [2.05, 4.69) is 5.32 Å². The Bertz CT molecular complexity index is 321. The second-order valence-electron chi connectivity index (χ2n) is 3.32. The number of β-lactam (4-membered cyclic amide) rings is 1. The van der Waals surface area contributed by atoms with Crippen molar-refractivity contribution in [2.75, 3.05) is 13.1 Å². The van der Waals surface area contributed by atoms with Gasteiger partial charge in [0.05, 0.1) is 19.1 Å². The van der Waals surface area contributed by atoms with Crippen molar-refractivity contribution >= 4 is 11.8 Å². The van der Waals surface area contributed by atoms with Crippen molar-refractivity contribution in [3.8, 4) is 12.3 Å². The number of carbonyl (C=O) groups excluding carboxylic acids is 2. The predicted octanol–water partition coefficient (Wildman–Crippen LogP) is -1.31. The van der Waals surface area contributed by atoms with E-state index in [1.54, 1.807) is 4.90 Å². The zero-order chi connectivity index (χ0) is 10.1. The summed E-state index contributed by atoms with van der Waals surface area (Å²) in [5.74, 6) is 1.61. The molecule has 0 aliphatic carbocycles. The van der Waals surface area contributed by atoms with Gasteiger partial charge < -0.3 is 15.0 Å². The van der Waals surface area contributed by atoms with E-state index in [0.717, 1.165) is 0 Å². The number of nitrogens with zero attached hydrogens (tertiary/aromatic N) is 1. The molecule has 2 heterocycles. The molecule has 0 aromatic carbocycles. The summed E-state index contributed by atoms with van der Waals surface area (Å²) in [5.41, 5.74) is 0. The van der Waals surface area contributed by atoms with Gasteiger partial charge in [0.1, 0.15) is 6.23 Å². The summed E-state index contributed by atoms with van der Waals surface area (Å²) in [6.07, 6.45) is 5.14. The minimum absolute atomic E-state index is 0.0739. The third-order valence-corrected chi connectivity index (χ3v) is 2.39. The lowest BCUT2D eigenvalue weighted by Crippen LogP contribution is -2.48. The molecular formula is C9H10N2O3. The number of nitrogens with one attached hydrogen (secondary N) is 1. The fourth-order valence-corrected chi connectivity index (χ4v) is 1.62. The monoisotopic (exact) mass is 194 g/mol. The molecule has 5 nitrogen and oxygen atoms in total. The molecule has 2 amide bonds. The van der Waals surface area contributed by atoms with Crippen molar-refractivity contribution in [2.24, 2.45) is 0 Å². The Morgan fingerprint density at radius 1 is 1.79 bits per heavy atom. The lowest BCUT2D eigenvalue weighted by atomic mass is 10.2. The molecule has 0 aromatic heterocycles. The topological polar surface area (TPSA) is 58.6 Å². The minimum Gasteiger partial charge on any atom is -0.351 e. The van der Waals surface area contributed by atoms with Gasteiger partial charge in [-0.3, -0.25) is 9.59 Å². The summed E-state index contributed by atoms with van der Waals surface area (Å²) in [4.78, 5) is 23.4. The Hall–Kier alpha value is -1.54. The minimum atomic E-state index is -0.450. The van der Waals surface area contributed by atoms with Gasteiger partial charge in [0.15, 0.2) is 0 Å². The molecule has 2 fully saturated rings. The van der Waals surface area contributed by atoms with Gasteiger partial charge in [0, 0.05) is 6.54 Å². The van der Waals surface area contributed by atoms with Gasteiger partial charge in [0.25, 0.3) is 5.91 Å². The lowest BCUT2D eigenvalue weighted by molar-refractivity contribution is -0.156. The number of hydrogen-bond acceptors (Lipinski definition) is 3. The van der Waals surface area contributed by atoms with E-state index < -0.39 is 5.91 Å². The van der Waals surface area contributed by atoms with Crippen LogP contribution in [0.4, 0.5) is 0 Å². The van der Waals surface area contributed by atoms with E-state index in [1.807, 2.05) is 5.92 Å². The van der Waals surface area contributed by atoms with Crippen LogP contribution >= 0.6 is 0 Å². The van der Waals surface area contributed by atoms with Crippen molar-refractivity contribution in [1.82, 2.24) is 10.2 Å². The number of carbonyl (C=O) groups is 2. The van der Waals surface area contributed by atoms with Gasteiger partial charge in [-0.15, -0.1) is 6.42 Å². The van der Waals surface area contributed by atoms with Crippen molar-refractivity contribution in [2.45, 2.75) is 18.8 Å². The fourth-order valence-electron chi connectivity index (χ4n) is 1.62. The lowest BCUT2D eigenvalue weighted by Gasteiger charge is -2.31. The Morgan fingerprint density at radius 3 is 3.14 bits per heavy atom. The fraction of sp³-hybridized carbons (Fsp3) is 0.556. The Kier molecular flexibility index (Phi) is 2.14. The van der Waals surface area contributed by atoms with Crippen LogP contribution in [0.5, 0.6) is 0 Å². The van der Waals surface area contributed by atoms with E-state index in [9.17, 15) is 9.59 Å². The molecular weight excluding hydrogens is 184 g/mol. The van der Waals surface area contributed by atoms with Gasteiger partial charge in [-0.05, 0) is 5.92 Å². The zero-order valence-corrected chi connectivity index (χ0v) is 7.53. The molecule has 2 aliphatic heterocycles. The van der Waals surface area contributed by atoms with Crippen molar-refractivity contribution in [1.29, 1.82) is 0 Å². The van der Waals surface area contributed by atoms with Crippen LogP contribution in [0.2, 0.25) is 0 Å². The molecule has 0 aromatic rings. The van der Waals surface area contributed by atoms with Gasteiger partial charge in [-0.2, -0.15) is 0 Å². The first-order valence-corrected chi connectivity index (χ1v) is 4.40. The van der Waals surface area contributed by atoms with Crippen LogP contribution in [-0.2, 0) is 14.3 Å². The van der Waals surface area contributed by atoms with E-state index in [1.165, 1.54) is 0 Å². The van der Waals surface area contributed by atoms with Crippen LogP contribution in [0.1, 0.15) is 6.42 Å². The van der Waals surface area contributed by atoms with Gasteiger partial charge in [-0.25, -0.2) is 0 Å². The smallest absolute Gasteiger partial charge is 0.295 e. The molecule has 2 aliphatic rings. The summed E-state index contributed by atoms with van der Waals surface area (Å²) >= 11 is 0. The molecule has 2 saturated heterocycles. The number of hydrogen-bond donors (Lipinski definition) is 1. The van der Waals surface area contributed by atoms with Crippen LogP contribution < -0.4 is 5.32 Å². The van der Waals surface area contributed by atoms with Crippen LogP contribution in [0.25, 0.3) is 0 Å². The Labute approximate surface area is 81.4 Å². The average Bonchev–Trinajstić information content (AvgIpc) is 2.51. The molecule has 5 heteroatoms. The highest BCUT2D eigenvalue weighted by Gasteiger charge is 2.44. The number of amides is 2. The first kappa shape index (κ1) is 9.03. The van der Waals surface area contributed by atoms with Crippen LogP contribution in [0.3, 0.4) is 0 Å². The summed E-state index contributed by atoms with van der Waals surface area (Å²) < 4.78 is 5.45.